The molecule has 0 bridgehead atoms. The maximum Gasteiger partial charge on any atom is 0.282 e. The summed E-state index contributed by atoms with van der Waals surface area (Å²) >= 11 is 0. The van der Waals surface area contributed by atoms with Crippen LogP contribution in [-0.2, 0) is 10.0 Å². The van der Waals surface area contributed by atoms with Gasteiger partial charge in [0.2, 0.25) is 0 Å². The first-order chi connectivity index (χ1) is 13.3. The summed E-state index contributed by atoms with van der Waals surface area (Å²) < 4.78 is 28.1. The van der Waals surface area contributed by atoms with Gasteiger partial charge in [-0.3, -0.25) is 4.79 Å². The number of hydrogen-bond donors (Lipinski definition) is 1. The van der Waals surface area contributed by atoms with Crippen molar-refractivity contribution >= 4 is 21.6 Å². The van der Waals surface area contributed by atoms with Crippen LogP contribution >= 0.6 is 0 Å². The topological polar surface area (TPSA) is 66.5 Å². The molecule has 144 valence electrons. The average Bonchev–Trinajstić information content (AvgIpc) is 2.66. The van der Waals surface area contributed by atoms with Crippen LogP contribution in [0.2, 0.25) is 0 Å². The molecule has 1 amide bonds. The van der Waals surface area contributed by atoms with Gasteiger partial charge >= 0.3 is 0 Å². The highest BCUT2D eigenvalue weighted by Gasteiger charge is 2.30. The molecule has 0 saturated heterocycles. The molecule has 0 unspecified atom stereocenters. The number of aryl methyl sites for hydroxylation is 3. The molecule has 0 atom stereocenters. The highest BCUT2D eigenvalue weighted by molar-refractivity contribution is 7.92. The Hall–Kier alpha value is -3.12. The van der Waals surface area contributed by atoms with Gasteiger partial charge in [-0.1, -0.05) is 54.1 Å². The van der Waals surface area contributed by atoms with E-state index in [0.717, 1.165) is 9.98 Å². The second kappa shape index (κ2) is 7.86. The second-order valence-electron chi connectivity index (χ2n) is 6.64. The fraction of sp³-hybridized carbons (Fsp3) is 0.136. The van der Waals surface area contributed by atoms with Gasteiger partial charge in [0.25, 0.3) is 15.9 Å². The Morgan fingerprint density at radius 2 is 1.32 bits per heavy atom. The molecular weight excluding hydrogens is 372 g/mol. The second-order valence-corrected chi connectivity index (χ2v) is 8.36. The van der Waals surface area contributed by atoms with Gasteiger partial charge in [-0.25, -0.2) is 5.43 Å². The third-order valence-corrected chi connectivity index (χ3v) is 6.28. The number of hydrazine groups is 1. The van der Waals surface area contributed by atoms with Crippen LogP contribution in [0.25, 0.3) is 0 Å². The first kappa shape index (κ1) is 19.6. The minimum atomic E-state index is -4.03. The molecule has 0 radical (unpaired) electrons. The molecule has 0 aliphatic rings. The van der Waals surface area contributed by atoms with Crippen LogP contribution in [0.5, 0.6) is 0 Å². The van der Waals surface area contributed by atoms with E-state index in [1.54, 1.807) is 74.5 Å². The quantitative estimate of drug-likeness (QED) is 0.661. The van der Waals surface area contributed by atoms with Gasteiger partial charge in [-0.05, 0) is 56.2 Å². The molecule has 0 heterocycles. The zero-order chi connectivity index (χ0) is 20.3. The molecule has 6 heteroatoms. The summed E-state index contributed by atoms with van der Waals surface area (Å²) in [6.45, 7) is 5.44. The van der Waals surface area contributed by atoms with Crippen molar-refractivity contribution in [2.24, 2.45) is 0 Å². The van der Waals surface area contributed by atoms with E-state index in [9.17, 15) is 13.2 Å². The van der Waals surface area contributed by atoms with Crippen LogP contribution in [0.1, 0.15) is 27.0 Å². The van der Waals surface area contributed by atoms with Crippen molar-refractivity contribution in [1.29, 1.82) is 0 Å². The summed E-state index contributed by atoms with van der Waals surface area (Å²) in [5.41, 5.74) is 5.53. The molecule has 0 fully saturated rings. The number of carbonyl (C=O) groups is 1. The summed E-state index contributed by atoms with van der Waals surface area (Å²) in [5, 5.41) is 0. The third kappa shape index (κ3) is 3.92. The fourth-order valence-corrected chi connectivity index (χ4v) is 4.95. The van der Waals surface area contributed by atoms with Crippen LogP contribution in [0.15, 0.2) is 77.7 Å². The van der Waals surface area contributed by atoms with Crippen molar-refractivity contribution in [2.45, 2.75) is 25.7 Å². The standard InChI is InChI=1S/C22H22N2O3S/c1-16-14-17(2)21(18(3)15-16)28(26,27)24(20-12-8-5-9-13-20)23-22(25)19-10-6-4-7-11-19/h4-15H,1-3H3,(H,23,25). The number of hydrogen-bond acceptors (Lipinski definition) is 3. The van der Waals surface area contributed by atoms with E-state index in [-0.39, 0.29) is 4.90 Å². The predicted octanol–water partition coefficient (Wildman–Crippen LogP) is 4.15. The van der Waals surface area contributed by atoms with Crippen LogP contribution in [0.3, 0.4) is 0 Å². The molecule has 1 N–H and O–H groups in total. The van der Waals surface area contributed by atoms with Gasteiger partial charge in [-0.15, -0.1) is 0 Å². The minimum absolute atomic E-state index is 0.190. The van der Waals surface area contributed by atoms with Crippen LogP contribution in [0.4, 0.5) is 5.69 Å². The number of amides is 1. The zero-order valence-electron chi connectivity index (χ0n) is 16.0. The monoisotopic (exact) mass is 394 g/mol. The lowest BCUT2D eigenvalue weighted by Gasteiger charge is -2.26. The molecule has 0 aliphatic heterocycles. The largest absolute Gasteiger partial charge is 0.282 e. The molecule has 3 aromatic carbocycles. The van der Waals surface area contributed by atoms with Crippen LogP contribution in [0, 0.1) is 20.8 Å². The Balaban J connectivity index is 2.11. The fourth-order valence-electron chi connectivity index (χ4n) is 3.24. The predicted molar refractivity (Wildman–Crippen MR) is 111 cm³/mol. The SMILES string of the molecule is Cc1cc(C)c(S(=O)(=O)N(NC(=O)c2ccccc2)c2ccccc2)c(C)c1. The van der Waals surface area contributed by atoms with E-state index < -0.39 is 15.9 Å². The number of nitrogens with zero attached hydrogens (tertiary/aromatic N) is 1. The summed E-state index contributed by atoms with van der Waals surface area (Å²) in [6, 6.07) is 20.7. The van der Waals surface area contributed by atoms with Crippen LogP contribution < -0.4 is 9.84 Å². The molecule has 0 spiro atoms. The summed E-state index contributed by atoms with van der Waals surface area (Å²) in [4.78, 5) is 12.9. The maximum atomic E-state index is 13.6. The summed E-state index contributed by atoms with van der Waals surface area (Å²) in [7, 11) is -4.03. The molecule has 5 nitrogen and oxygen atoms in total. The molecule has 0 aliphatic carbocycles. The van der Waals surface area contributed by atoms with Crippen molar-refractivity contribution < 1.29 is 13.2 Å². The van der Waals surface area contributed by atoms with E-state index in [4.69, 9.17) is 0 Å². The van der Waals surface area contributed by atoms with Gasteiger partial charge < -0.3 is 0 Å². The summed E-state index contributed by atoms with van der Waals surface area (Å²) in [6.07, 6.45) is 0. The van der Waals surface area contributed by atoms with Gasteiger partial charge in [-0.2, -0.15) is 12.8 Å². The van der Waals surface area contributed by atoms with Crippen molar-refractivity contribution in [3.63, 3.8) is 0 Å². The van der Waals surface area contributed by atoms with E-state index >= 15 is 0 Å². The average molecular weight is 394 g/mol. The van der Waals surface area contributed by atoms with Gasteiger partial charge in [0, 0.05) is 5.56 Å². The van der Waals surface area contributed by atoms with E-state index in [0.29, 0.717) is 22.4 Å². The van der Waals surface area contributed by atoms with Crippen molar-refractivity contribution in [3.05, 3.63) is 95.1 Å². The van der Waals surface area contributed by atoms with E-state index in [2.05, 4.69) is 5.43 Å². The number of benzene rings is 3. The highest BCUT2D eigenvalue weighted by Crippen LogP contribution is 2.28. The number of anilines is 1. The number of carbonyl (C=O) groups excluding carboxylic acids is 1. The van der Waals surface area contributed by atoms with Gasteiger partial charge in [0.1, 0.15) is 0 Å². The Kier molecular flexibility index (Phi) is 5.51. The highest BCUT2D eigenvalue weighted by atomic mass is 32.2. The number of para-hydroxylation sites is 1. The van der Waals surface area contributed by atoms with E-state index in [1.807, 2.05) is 19.1 Å². The van der Waals surface area contributed by atoms with Gasteiger partial charge in [0.05, 0.1) is 10.6 Å². The summed E-state index contributed by atoms with van der Waals surface area (Å²) in [5.74, 6) is -0.504. The molecule has 0 saturated carbocycles. The molecule has 28 heavy (non-hydrogen) atoms. The van der Waals surface area contributed by atoms with Crippen molar-refractivity contribution in [1.82, 2.24) is 5.43 Å². The number of nitrogens with one attached hydrogen (secondary N) is 1. The molecule has 3 aromatic rings. The lowest BCUT2D eigenvalue weighted by Crippen LogP contribution is -2.46. The lowest BCUT2D eigenvalue weighted by molar-refractivity contribution is 0.0955. The number of sulfonamides is 1. The minimum Gasteiger partial charge on any atom is -0.267 e. The molecule has 0 aromatic heterocycles. The Morgan fingerprint density at radius 3 is 1.86 bits per heavy atom. The van der Waals surface area contributed by atoms with Crippen molar-refractivity contribution in [3.8, 4) is 0 Å². The Morgan fingerprint density at radius 1 is 0.821 bits per heavy atom. The molecule has 3 rings (SSSR count). The first-order valence-corrected chi connectivity index (χ1v) is 10.3. The maximum absolute atomic E-state index is 13.6. The van der Waals surface area contributed by atoms with Crippen LogP contribution in [-0.4, -0.2) is 14.3 Å². The smallest absolute Gasteiger partial charge is 0.267 e. The normalized spacial score (nSPS) is 11.1. The van der Waals surface area contributed by atoms with Crippen molar-refractivity contribution in [2.75, 3.05) is 4.41 Å². The Labute approximate surface area is 165 Å². The molecular formula is C22H22N2O3S. The Bertz CT molecular complexity index is 1070. The van der Waals surface area contributed by atoms with E-state index in [1.165, 1.54) is 0 Å². The zero-order valence-corrected chi connectivity index (χ0v) is 16.8. The third-order valence-electron chi connectivity index (χ3n) is 4.33. The lowest BCUT2D eigenvalue weighted by atomic mass is 10.1. The first-order valence-electron chi connectivity index (χ1n) is 8.85. The number of rotatable bonds is 5. The van der Waals surface area contributed by atoms with Gasteiger partial charge in [0.15, 0.2) is 0 Å².